The number of methoxy groups -OCH3 is 1. The fourth-order valence-corrected chi connectivity index (χ4v) is 6.12. The lowest BCUT2D eigenvalue weighted by Gasteiger charge is -2.18. The summed E-state index contributed by atoms with van der Waals surface area (Å²) < 4.78 is 38.7. The molecular formula is C28H26Cl2N2O7S. The van der Waals surface area contributed by atoms with Crippen LogP contribution in [0.1, 0.15) is 30.0 Å². The monoisotopic (exact) mass is 604 g/mol. The van der Waals surface area contributed by atoms with E-state index in [4.69, 9.17) is 32.4 Å². The maximum atomic E-state index is 13.0. The predicted molar refractivity (Wildman–Crippen MR) is 154 cm³/mol. The lowest BCUT2D eigenvalue weighted by atomic mass is 10.1. The van der Waals surface area contributed by atoms with Crippen molar-refractivity contribution in [2.75, 3.05) is 12.4 Å². The normalized spacial score (nSPS) is 12.5. The highest BCUT2D eigenvalue weighted by molar-refractivity contribution is 7.89. The Hall–Kier alpha value is -3.57. The molecule has 0 aliphatic carbocycles. The summed E-state index contributed by atoms with van der Waals surface area (Å²) in [6, 6.07) is 13.2. The van der Waals surface area contributed by atoms with Crippen LogP contribution in [0.3, 0.4) is 0 Å². The molecule has 1 amide bonds. The van der Waals surface area contributed by atoms with Crippen molar-refractivity contribution >= 4 is 61.8 Å². The zero-order valence-electron chi connectivity index (χ0n) is 21.9. The minimum atomic E-state index is -4.03. The first-order chi connectivity index (χ1) is 18.8. The number of fused-ring (bicyclic) bond motifs is 1. The molecule has 0 saturated carbocycles. The van der Waals surface area contributed by atoms with Gasteiger partial charge >= 0.3 is 5.97 Å². The third kappa shape index (κ3) is 5.80. The molecule has 0 bridgehead atoms. The molecule has 9 nitrogen and oxygen atoms in total. The summed E-state index contributed by atoms with van der Waals surface area (Å²) in [5.74, 6) is -1.73. The first-order valence-electron chi connectivity index (χ1n) is 12.1. The van der Waals surface area contributed by atoms with Gasteiger partial charge in [-0.15, -0.1) is 0 Å². The summed E-state index contributed by atoms with van der Waals surface area (Å²) in [6.07, 6.45) is 0. The number of nitrogens with one attached hydrogen (secondary N) is 2. The third-order valence-electron chi connectivity index (χ3n) is 6.33. The van der Waals surface area contributed by atoms with Crippen molar-refractivity contribution in [2.24, 2.45) is 5.92 Å². The number of benzene rings is 3. The summed E-state index contributed by atoms with van der Waals surface area (Å²) in [6.45, 7) is 4.96. The van der Waals surface area contributed by atoms with Crippen LogP contribution in [0, 0.1) is 12.8 Å². The number of carboxylic acid groups (broad SMARTS) is 1. The van der Waals surface area contributed by atoms with E-state index in [9.17, 15) is 23.1 Å². The summed E-state index contributed by atoms with van der Waals surface area (Å²) in [7, 11) is -2.56. The second kappa shape index (κ2) is 11.5. The molecular weight excluding hydrogens is 579 g/mol. The van der Waals surface area contributed by atoms with Crippen molar-refractivity contribution in [1.29, 1.82) is 0 Å². The molecule has 210 valence electrons. The fraction of sp³-hybridized carbons (Fsp3) is 0.214. The Bertz CT molecular complexity index is 1700. The molecule has 3 N–H and O–H groups in total. The number of hydrogen-bond donors (Lipinski definition) is 3. The van der Waals surface area contributed by atoms with Gasteiger partial charge in [0.15, 0.2) is 11.3 Å². The van der Waals surface area contributed by atoms with Crippen LogP contribution in [0.25, 0.3) is 22.1 Å². The van der Waals surface area contributed by atoms with E-state index in [1.807, 2.05) is 0 Å². The van der Waals surface area contributed by atoms with Gasteiger partial charge in [0.1, 0.15) is 11.8 Å². The van der Waals surface area contributed by atoms with Gasteiger partial charge in [0.05, 0.1) is 27.4 Å². The first-order valence-corrected chi connectivity index (χ1v) is 14.3. The van der Waals surface area contributed by atoms with E-state index >= 15 is 0 Å². The third-order valence-corrected chi connectivity index (χ3v) is 8.35. The number of carbonyl (C=O) groups is 2. The average molecular weight is 605 g/mol. The van der Waals surface area contributed by atoms with Crippen LogP contribution in [-0.2, 0) is 14.8 Å². The van der Waals surface area contributed by atoms with E-state index in [-0.39, 0.29) is 15.7 Å². The molecule has 1 heterocycles. The maximum Gasteiger partial charge on any atom is 0.322 e. The van der Waals surface area contributed by atoms with Crippen molar-refractivity contribution in [2.45, 2.75) is 31.7 Å². The number of carboxylic acids is 1. The molecule has 40 heavy (non-hydrogen) atoms. The van der Waals surface area contributed by atoms with Crippen LogP contribution >= 0.6 is 23.2 Å². The second-order valence-electron chi connectivity index (χ2n) is 9.37. The van der Waals surface area contributed by atoms with Gasteiger partial charge in [-0.25, -0.2) is 8.42 Å². The number of rotatable bonds is 9. The number of aliphatic carboxylic acids is 1. The molecule has 4 aromatic rings. The lowest BCUT2D eigenvalue weighted by Crippen LogP contribution is -2.44. The molecule has 0 fully saturated rings. The molecule has 0 spiro atoms. The van der Waals surface area contributed by atoms with Crippen LogP contribution in [0.5, 0.6) is 5.75 Å². The molecule has 0 unspecified atom stereocenters. The van der Waals surface area contributed by atoms with Crippen LogP contribution in [0.15, 0.2) is 63.9 Å². The molecule has 0 radical (unpaired) electrons. The van der Waals surface area contributed by atoms with Gasteiger partial charge in [-0.05, 0) is 54.3 Å². The fourth-order valence-electron chi connectivity index (χ4n) is 4.20. The number of hydrogen-bond acceptors (Lipinski definition) is 6. The highest BCUT2D eigenvalue weighted by Gasteiger charge is 2.28. The quantitative estimate of drug-likeness (QED) is 0.202. The molecule has 0 aliphatic rings. The number of ether oxygens (including phenoxy) is 1. The second-order valence-corrected chi connectivity index (χ2v) is 11.9. The van der Waals surface area contributed by atoms with Crippen molar-refractivity contribution < 1.29 is 32.3 Å². The van der Waals surface area contributed by atoms with Crippen LogP contribution < -0.4 is 14.8 Å². The molecule has 3 aromatic carbocycles. The molecule has 1 aromatic heterocycles. The van der Waals surface area contributed by atoms with Crippen molar-refractivity contribution in [1.82, 2.24) is 4.72 Å². The standard InChI is InChI=1S/C28H26Cl2N2O7S/c1-14(2)23(28(34)35)32-40(36,37)19-11-7-17(8-12-19)16-5-9-18(10-6-16)31-27(33)24-15(3)22-25(38-4)20(29)13-21(30)26(22)39-24/h5-14,23,32H,1-4H3,(H,31,33)(H,34,35)/t23-/m0/s1. The first kappa shape index (κ1) is 29.4. The lowest BCUT2D eigenvalue weighted by molar-refractivity contribution is -0.140. The van der Waals surface area contributed by atoms with Gasteiger partial charge in [-0.3, -0.25) is 9.59 Å². The van der Waals surface area contributed by atoms with Crippen LogP contribution in [0.4, 0.5) is 5.69 Å². The minimum absolute atomic E-state index is 0.0498. The Morgan fingerprint density at radius 2 is 1.55 bits per heavy atom. The van der Waals surface area contributed by atoms with E-state index in [1.165, 1.54) is 25.3 Å². The Kier molecular flexibility index (Phi) is 8.46. The molecule has 0 aliphatic heterocycles. The minimum Gasteiger partial charge on any atom is -0.494 e. The molecule has 4 rings (SSSR count). The van der Waals surface area contributed by atoms with Crippen LogP contribution in [0.2, 0.25) is 10.0 Å². The number of furan rings is 1. The van der Waals surface area contributed by atoms with Gasteiger partial charge in [0.25, 0.3) is 5.91 Å². The number of sulfonamides is 1. The number of aryl methyl sites for hydroxylation is 1. The summed E-state index contributed by atoms with van der Waals surface area (Å²) in [4.78, 5) is 24.4. The number of carbonyl (C=O) groups excluding carboxylic acids is 1. The van der Waals surface area contributed by atoms with Crippen LogP contribution in [-0.4, -0.2) is 38.6 Å². The van der Waals surface area contributed by atoms with E-state index in [1.54, 1.807) is 57.2 Å². The summed E-state index contributed by atoms with van der Waals surface area (Å²) in [5.41, 5.74) is 2.82. The number of amides is 1. The zero-order valence-corrected chi connectivity index (χ0v) is 24.2. The van der Waals surface area contributed by atoms with Gasteiger partial charge in [0.2, 0.25) is 10.0 Å². The van der Waals surface area contributed by atoms with Gasteiger partial charge < -0.3 is 19.6 Å². The summed E-state index contributed by atoms with van der Waals surface area (Å²) >= 11 is 12.5. The van der Waals surface area contributed by atoms with Gasteiger partial charge in [-0.1, -0.05) is 61.3 Å². The maximum absolute atomic E-state index is 13.0. The van der Waals surface area contributed by atoms with Crippen molar-refractivity contribution in [3.8, 4) is 16.9 Å². The largest absolute Gasteiger partial charge is 0.494 e. The predicted octanol–water partition coefficient (Wildman–Crippen LogP) is 6.36. The van der Waals surface area contributed by atoms with Gasteiger partial charge in [0, 0.05) is 11.3 Å². The van der Waals surface area contributed by atoms with E-state index in [0.717, 1.165) is 11.1 Å². The van der Waals surface area contributed by atoms with Crippen molar-refractivity contribution in [3.05, 3.63) is 76.0 Å². The number of anilines is 1. The SMILES string of the molecule is COc1c(Cl)cc(Cl)c2oc(C(=O)Nc3ccc(-c4ccc(S(=O)(=O)N[C@H](C(=O)O)C(C)C)cc4)cc3)c(C)c12. The van der Waals surface area contributed by atoms with Crippen molar-refractivity contribution in [3.63, 3.8) is 0 Å². The molecule has 1 atom stereocenters. The highest BCUT2D eigenvalue weighted by atomic mass is 35.5. The van der Waals surface area contributed by atoms with E-state index in [0.29, 0.717) is 33.0 Å². The molecule has 12 heteroatoms. The topological polar surface area (TPSA) is 135 Å². The smallest absolute Gasteiger partial charge is 0.322 e. The number of halogens is 2. The highest BCUT2D eigenvalue weighted by Crippen LogP contribution is 2.42. The van der Waals surface area contributed by atoms with E-state index < -0.39 is 33.9 Å². The zero-order chi connectivity index (χ0) is 29.4. The van der Waals surface area contributed by atoms with Gasteiger partial charge in [-0.2, -0.15) is 4.72 Å². The molecule has 0 saturated heterocycles. The Balaban J connectivity index is 1.51. The Labute approximate surface area is 241 Å². The average Bonchev–Trinajstić information content (AvgIpc) is 3.25. The summed E-state index contributed by atoms with van der Waals surface area (Å²) in [5, 5.41) is 13.2. The van der Waals surface area contributed by atoms with E-state index in [2.05, 4.69) is 10.0 Å². The Morgan fingerprint density at radius 3 is 2.08 bits per heavy atom. The Morgan fingerprint density at radius 1 is 0.975 bits per heavy atom.